The molecule has 1 aromatic heterocycles. The van der Waals surface area contributed by atoms with Gasteiger partial charge in [-0.25, -0.2) is 9.59 Å². The number of piperazine rings is 1. The summed E-state index contributed by atoms with van der Waals surface area (Å²) in [6.07, 6.45) is 11.1. The second-order valence-corrected chi connectivity index (χ2v) is 11.3. The van der Waals surface area contributed by atoms with Gasteiger partial charge in [-0.1, -0.05) is 6.08 Å². The Labute approximate surface area is 218 Å². The van der Waals surface area contributed by atoms with Gasteiger partial charge in [0, 0.05) is 50.2 Å². The van der Waals surface area contributed by atoms with Crippen LogP contribution in [0.1, 0.15) is 58.8 Å². The van der Waals surface area contributed by atoms with Crippen molar-refractivity contribution >= 4 is 23.5 Å². The van der Waals surface area contributed by atoms with Crippen LogP contribution in [0.2, 0.25) is 0 Å². The van der Waals surface area contributed by atoms with Gasteiger partial charge in [0.25, 0.3) is 0 Å². The summed E-state index contributed by atoms with van der Waals surface area (Å²) in [5.74, 6) is 0.652. The van der Waals surface area contributed by atoms with Crippen molar-refractivity contribution in [1.82, 2.24) is 24.7 Å². The Kier molecular flexibility index (Phi) is 8.66. The zero-order valence-electron chi connectivity index (χ0n) is 22.1. The van der Waals surface area contributed by atoms with Crippen LogP contribution in [-0.2, 0) is 4.79 Å². The number of hydrogen-bond donors (Lipinski definition) is 4. The molecule has 0 bridgehead atoms. The zero-order chi connectivity index (χ0) is 26.6. The van der Waals surface area contributed by atoms with Crippen LogP contribution in [0.3, 0.4) is 0 Å². The van der Waals surface area contributed by atoms with Crippen molar-refractivity contribution in [2.24, 2.45) is 17.4 Å². The quantitative estimate of drug-likeness (QED) is 0.444. The number of urea groups is 1. The minimum absolute atomic E-state index is 0.133. The average Bonchev–Trinajstić information content (AvgIpc) is 2.88. The van der Waals surface area contributed by atoms with E-state index in [2.05, 4.69) is 21.7 Å². The Balaban J connectivity index is 1.25. The lowest BCUT2D eigenvalue weighted by Gasteiger charge is -2.37. The van der Waals surface area contributed by atoms with Gasteiger partial charge < -0.3 is 26.6 Å². The van der Waals surface area contributed by atoms with E-state index in [0.717, 1.165) is 57.2 Å². The van der Waals surface area contributed by atoms with Crippen LogP contribution in [0.5, 0.6) is 0 Å². The third-order valence-electron chi connectivity index (χ3n) is 7.72. The second kappa shape index (κ2) is 11.7. The molecule has 2 aliphatic carbocycles. The van der Waals surface area contributed by atoms with E-state index in [9.17, 15) is 14.4 Å². The van der Waals surface area contributed by atoms with Crippen molar-refractivity contribution in [3.05, 3.63) is 28.8 Å². The molecular weight excluding hydrogens is 472 g/mol. The third-order valence-corrected chi connectivity index (χ3v) is 7.72. The molecular formula is C26H42N8O3. The second-order valence-electron chi connectivity index (χ2n) is 11.3. The molecule has 37 heavy (non-hydrogen) atoms. The van der Waals surface area contributed by atoms with E-state index in [-0.39, 0.29) is 17.8 Å². The molecule has 2 heterocycles. The summed E-state index contributed by atoms with van der Waals surface area (Å²) in [5.41, 5.74) is 11.5. The molecule has 3 aliphatic rings. The molecule has 1 unspecified atom stereocenters. The lowest BCUT2D eigenvalue weighted by molar-refractivity contribution is -0.137. The molecule has 1 atom stereocenters. The maximum absolute atomic E-state index is 12.7. The monoisotopic (exact) mass is 514 g/mol. The van der Waals surface area contributed by atoms with Crippen molar-refractivity contribution < 1.29 is 9.59 Å². The fourth-order valence-corrected chi connectivity index (χ4v) is 5.34. The lowest BCUT2D eigenvalue weighted by atomic mass is 9.89. The molecule has 2 fully saturated rings. The highest BCUT2D eigenvalue weighted by Gasteiger charge is 2.31. The predicted octanol–water partition coefficient (Wildman–Crippen LogP) is 1.16. The maximum Gasteiger partial charge on any atom is 0.353 e. The van der Waals surface area contributed by atoms with E-state index in [4.69, 9.17) is 11.5 Å². The number of carbonyl (C=O) groups is 2. The molecule has 0 spiro atoms. The largest absolute Gasteiger partial charge is 0.353 e. The molecule has 4 rings (SSSR count). The van der Waals surface area contributed by atoms with E-state index in [1.54, 1.807) is 40.5 Å². The Bertz CT molecular complexity index is 1050. The van der Waals surface area contributed by atoms with E-state index >= 15 is 0 Å². The van der Waals surface area contributed by atoms with Crippen LogP contribution in [-0.4, -0.2) is 81.6 Å². The number of nitrogens with two attached hydrogens (primary N) is 2. The highest BCUT2D eigenvalue weighted by atomic mass is 16.2. The van der Waals surface area contributed by atoms with Crippen molar-refractivity contribution in [2.45, 2.75) is 76.4 Å². The van der Waals surface area contributed by atoms with Gasteiger partial charge in [0.1, 0.15) is 5.82 Å². The number of anilines is 1. The average molecular weight is 515 g/mol. The standard InChI is InChI=1S/C26H42N8O3/c1-26(2,28)23(35)32-13-15-33(16-14-32)24(36)30-22-11-12-34(25(37)31-22)21-9-3-18(4-10-21)17-29-20-7-5-19(27)6-8-20/h9,11-12,18-20,29H,3-8,10,13-17,27-28H2,1-2H3,(H,30,31,36,37). The van der Waals surface area contributed by atoms with E-state index in [1.807, 2.05) is 0 Å². The number of aromatic nitrogens is 2. The lowest BCUT2D eigenvalue weighted by Crippen LogP contribution is -2.58. The molecule has 11 heteroatoms. The zero-order valence-corrected chi connectivity index (χ0v) is 22.1. The van der Waals surface area contributed by atoms with Crippen molar-refractivity contribution in [2.75, 3.05) is 38.0 Å². The van der Waals surface area contributed by atoms with Crippen molar-refractivity contribution in [1.29, 1.82) is 0 Å². The molecule has 1 aliphatic heterocycles. The smallest absolute Gasteiger partial charge is 0.338 e. The fraction of sp³-hybridized carbons (Fsp3) is 0.692. The molecule has 1 aromatic rings. The number of hydrogen-bond acceptors (Lipinski definition) is 7. The number of allylic oxidation sites excluding steroid dienone is 2. The summed E-state index contributed by atoms with van der Waals surface area (Å²) >= 11 is 0. The summed E-state index contributed by atoms with van der Waals surface area (Å²) in [6, 6.07) is 2.25. The van der Waals surface area contributed by atoms with Gasteiger partial charge in [-0.2, -0.15) is 4.98 Å². The molecule has 6 N–H and O–H groups in total. The number of rotatable bonds is 6. The Morgan fingerprint density at radius 3 is 2.35 bits per heavy atom. The highest BCUT2D eigenvalue weighted by Crippen LogP contribution is 2.26. The van der Waals surface area contributed by atoms with Gasteiger partial charge >= 0.3 is 11.7 Å². The number of nitrogens with one attached hydrogen (secondary N) is 2. The van der Waals surface area contributed by atoms with Gasteiger partial charge in [0.15, 0.2) is 0 Å². The van der Waals surface area contributed by atoms with Crippen LogP contribution >= 0.6 is 0 Å². The van der Waals surface area contributed by atoms with Crippen molar-refractivity contribution in [3.63, 3.8) is 0 Å². The Hall–Kier alpha value is -2.76. The maximum atomic E-state index is 12.7. The fourth-order valence-electron chi connectivity index (χ4n) is 5.34. The molecule has 1 saturated heterocycles. The van der Waals surface area contributed by atoms with Gasteiger partial charge in [-0.05, 0) is 77.3 Å². The van der Waals surface area contributed by atoms with Crippen LogP contribution < -0.4 is 27.8 Å². The van der Waals surface area contributed by atoms with Crippen LogP contribution in [0.4, 0.5) is 10.6 Å². The number of amides is 3. The predicted molar refractivity (Wildman–Crippen MR) is 144 cm³/mol. The SMILES string of the molecule is CC(C)(N)C(=O)N1CCN(C(=O)Nc2ccn(C3=CCC(CNC4CCC(N)CC4)CC3)c(=O)n2)CC1. The van der Waals surface area contributed by atoms with Crippen molar-refractivity contribution in [3.8, 4) is 0 Å². The Morgan fingerprint density at radius 2 is 1.76 bits per heavy atom. The van der Waals surface area contributed by atoms with Crippen LogP contribution in [0, 0.1) is 5.92 Å². The van der Waals surface area contributed by atoms with Gasteiger partial charge in [-0.15, -0.1) is 0 Å². The van der Waals surface area contributed by atoms with Gasteiger partial charge in [0.05, 0.1) is 5.54 Å². The first kappa shape index (κ1) is 27.3. The summed E-state index contributed by atoms with van der Waals surface area (Å²) in [5, 5.41) is 6.42. The minimum atomic E-state index is -0.937. The van der Waals surface area contributed by atoms with Crippen LogP contribution in [0.25, 0.3) is 5.70 Å². The summed E-state index contributed by atoms with van der Waals surface area (Å²) in [4.78, 5) is 45.1. The van der Waals surface area contributed by atoms with Gasteiger partial charge in [-0.3, -0.25) is 14.7 Å². The first-order valence-electron chi connectivity index (χ1n) is 13.5. The van der Waals surface area contributed by atoms with E-state index in [0.29, 0.717) is 44.2 Å². The van der Waals surface area contributed by atoms with Gasteiger partial charge in [0.2, 0.25) is 5.91 Å². The first-order valence-corrected chi connectivity index (χ1v) is 13.5. The normalized spacial score (nSPS) is 25.0. The Morgan fingerprint density at radius 1 is 1.08 bits per heavy atom. The molecule has 0 aromatic carbocycles. The topological polar surface area (TPSA) is 152 Å². The molecule has 11 nitrogen and oxygen atoms in total. The van der Waals surface area contributed by atoms with Crippen LogP contribution in [0.15, 0.2) is 23.1 Å². The number of nitrogens with zero attached hydrogens (tertiary/aromatic N) is 4. The summed E-state index contributed by atoms with van der Waals surface area (Å²) in [7, 11) is 0. The molecule has 204 valence electrons. The highest BCUT2D eigenvalue weighted by molar-refractivity contribution is 5.89. The minimum Gasteiger partial charge on any atom is -0.338 e. The van der Waals surface area contributed by atoms with E-state index in [1.165, 1.54) is 0 Å². The summed E-state index contributed by atoms with van der Waals surface area (Å²) < 4.78 is 1.57. The number of carbonyl (C=O) groups excluding carboxylic acids is 2. The summed E-state index contributed by atoms with van der Waals surface area (Å²) in [6.45, 7) is 5.97. The third kappa shape index (κ3) is 7.18. The van der Waals surface area contributed by atoms with E-state index < -0.39 is 11.2 Å². The molecule has 0 radical (unpaired) electrons. The molecule has 3 amide bonds. The first-order chi connectivity index (χ1) is 17.6. The molecule has 1 saturated carbocycles.